The van der Waals surface area contributed by atoms with Crippen LogP contribution in [0.1, 0.15) is 32.1 Å². The van der Waals surface area contributed by atoms with Crippen molar-refractivity contribution < 1.29 is 40.0 Å². The van der Waals surface area contributed by atoms with E-state index in [1.165, 1.54) is 23.5 Å². The van der Waals surface area contributed by atoms with Crippen LogP contribution in [0.2, 0.25) is 0 Å². The monoisotopic (exact) mass is 445 g/mol. The Bertz CT molecular complexity index is 1010. The van der Waals surface area contributed by atoms with Gasteiger partial charge < -0.3 is 18.6 Å². The summed E-state index contributed by atoms with van der Waals surface area (Å²) in [5, 5.41) is 0. The van der Waals surface area contributed by atoms with Gasteiger partial charge in [-0.05, 0) is 37.3 Å². The Kier molecular flexibility index (Phi) is 5.16. The molecule has 11 heteroatoms. The maximum absolute atomic E-state index is 13.0. The van der Waals surface area contributed by atoms with Crippen LogP contribution < -0.4 is 0 Å². The van der Waals surface area contributed by atoms with E-state index in [4.69, 9.17) is 9.47 Å². The van der Waals surface area contributed by atoms with Gasteiger partial charge in [0.25, 0.3) is 5.91 Å². The Labute approximate surface area is 170 Å². The van der Waals surface area contributed by atoms with Crippen molar-refractivity contribution in [1.29, 1.82) is 0 Å². The van der Waals surface area contributed by atoms with E-state index in [0.29, 0.717) is 18.6 Å². The van der Waals surface area contributed by atoms with Gasteiger partial charge in [-0.15, -0.1) is 0 Å². The minimum Gasteiger partial charge on any atom is -0.465 e. The highest BCUT2D eigenvalue weighted by Gasteiger charge is 2.50. The first-order valence-corrected chi connectivity index (χ1v) is 10.7. The fraction of sp³-hybridized carbons (Fsp3) is 0.421. The Balaban J connectivity index is 1.47. The van der Waals surface area contributed by atoms with E-state index < -0.39 is 33.6 Å². The molecule has 1 amide bonds. The quantitative estimate of drug-likeness (QED) is 0.487. The number of allylic oxidation sites excluding steroid dienone is 4. The van der Waals surface area contributed by atoms with Crippen molar-refractivity contribution in [3.63, 3.8) is 0 Å². The van der Waals surface area contributed by atoms with Gasteiger partial charge in [-0.25, -0.2) is 0 Å². The molecular weight excluding hydrogens is 427 g/mol. The van der Waals surface area contributed by atoms with Crippen molar-refractivity contribution in [3.05, 3.63) is 59.7 Å². The number of fused-ring (bicyclic) bond motifs is 2. The number of alkyl halides is 3. The van der Waals surface area contributed by atoms with Gasteiger partial charge in [0.05, 0.1) is 6.04 Å². The van der Waals surface area contributed by atoms with Crippen molar-refractivity contribution >= 4 is 16.0 Å². The zero-order valence-corrected chi connectivity index (χ0v) is 16.4. The molecule has 4 rings (SSSR count). The maximum Gasteiger partial charge on any atom is 0.534 e. The predicted octanol–water partition coefficient (Wildman–Crippen LogP) is 3.51. The second-order valence-corrected chi connectivity index (χ2v) is 8.73. The van der Waals surface area contributed by atoms with Gasteiger partial charge >= 0.3 is 15.6 Å². The van der Waals surface area contributed by atoms with Crippen molar-refractivity contribution in [2.24, 2.45) is 0 Å². The van der Waals surface area contributed by atoms with Gasteiger partial charge in [-0.3, -0.25) is 4.79 Å². The van der Waals surface area contributed by atoms with Crippen molar-refractivity contribution in [1.82, 2.24) is 4.90 Å². The molecule has 2 unspecified atom stereocenters. The SMILES string of the molecule is O=C(C1=COC=C(C2=CC=CCC2)O1)N1C2C=C(OS(=O)(=O)C(F)(F)F)CC1CC2. The Morgan fingerprint density at radius 1 is 1.23 bits per heavy atom. The smallest absolute Gasteiger partial charge is 0.465 e. The summed E-state index contributed by atoms with van der Waals surface area (Å²) in [4.78, 5) is 14.5. The van der Waals surface area contributed by atoms with Crippen LogP contribution in [0.4, 0.5) is 13.2 Å². The highest BCUT2D eigenvalue weighted by molar-refractivity contribution is 7.87. The number of nitrogens with zero attached hydrogens (tertiary/aromatic N) is 1. The number of ether oxygens (including phenoxy) is 2. The maximum atomic E-state index is 13.0. The summed E-state index contributed by atoms with van der Waals surface area (Å²) in [6, 6.07) is -1.09. The zero-order chi connectivity index (χ0) is 21.5. The Morgan fingerprint density at radius 2 is 2.03 bits per heavy atom. The van der Waals surface area contributed by atoms with Gasteiger partial charge in [0.15, 0.2) is 5.76 Å². The summed E-state index contributed by atoms with van der Waals surface area (Å²) >= 11 is 0. The number of carbonyl (C=O) groups is 1. The molecule has 0 aromatic carbocycles. The van der Waals surface area contributed by atoms with Gasteiger partial charge in [-0.2, -0.15) is 21.6 Å². The number of halogens is 3. The number of carbonyl (C=O) groups excluding carboxylic acids is 1. The molecular formula is C19H18F3NO6S. The molecule has 2 atom stereocenters. The number of hydrogen-bond donors (Lipinski definition) is 0. The third-order valence-electron chi connectivity index (χ3n) is 5.21. The largest absolute Gasteiger partial charge is 0.534 e. The van der Waals surface area contributed by atoms with Crippen LogP contribution in [-0.4, -0.2) is 36.8 Å². The van der Waals surface area contributed by atoms with Crippen LogP contribution >= 0.6 is 0 Å². The molecule has 3 aliphatic heterocycles. The van der Waals surface area contributed by atoms with E-state index in [1.807, 2.05) is 18.2 Å². The molecule has 4 aliphatic rings. The van der Waals surface area contributed by atoms with Crippen LogP contribution in [0.3, 0.4) is 0 Å². The second kappa shape index (κ2) is 7.53. The first kappa shape index (κ1) is 20.6. The highest BCUT2D eigenvalue weighted by Crippen LogP contribution is 2.39. The standard InChI is InChI=1S/C19H18F3NO6S/c20-19(21,22)30(25,26)29-15-8-13-6-7-14(9-15)23(13)18(24)17-11-27-10-16(28-17)12-4-2-1-3-5-12/h1-2,4,8,10-11,13-14H,3,5-7,9H2. The van der Waals surface area contributed by atoms with Crippen LogP contribution in [0.25, 0.3) is 0 Å². The van der Waals surface area contributed by atoms with Crippen molar-refractivity contribution in [2.75, 3.05) is 0 Å². The van der Waals surface area contributed by atoms with Gasteiger partial charge in [0.1, 0.15) is 18.3 Å². The third-order valence-corrected chi connectivity index (χ3v) is 6.21. The molecule has 162 valence electrons. The Hall–Kier alpha value is -2.69. The van der Waals surface area contributed by atoms with E-state index in [-0.39, 0.29) is 17.9 Å². The summed E-state index contributed by atoms with van der Waals surface area (Å²) in [6.45, 7) is 0. The van der Waals surface area contributed by atoms with E-state index in [1.54, 1.807) is 0 Å². The molecule has 1 fully saturated rings. The minimum atomic E-state index is -5.74. The average Bonchev–Trinajstić information content (AvgIpc) is 2.97. The molecule has 0 radical (unpaired) electrons. The lowest BCUT2D eigenvalue weighted by Gasteiger charge is -2.34. The average molecular weight is 445 g/mol. The second-order valence-electron chi connectivity index (χ2n) is 7.19. The van der Waals surface area contributed by atoms with Crippen LogP contribution in [0.5, 0.6) is 0 Å². The molecule has 0 spiro atoms. The minimum absolute atomic E-state index is 0.0412. The van der Waals surface area contributed by atoms with Crippen LogP contribution in [0, 0.1) is 0 Å². The molecule has 1 aliphatic carbocycles. The predicted molar refractivity (Wildman–Crippen MR) is 97.2 cm³/mol. The molecule has 0 aromatic heterocycles. The van der Waals surface area contributed by atoms with Gasteiger partial charge in [0, 0.05) is 12.5 Å². The van der Waals surface area contributed by atoms with Crippen LogP contribution in [-0.2, 0) is 28.6 Å². The van der Waals surface area contributed by atoms with E-state index >= 15 is 0 Å². The van der Waals surface area contributed by atoms with Crippen molar-refractivity contribution in [2.45, 2.75) is 49.7 Å². The molecule has 0 aromatic rings. The molecule has 1 saturated heterocycles. The van der Waals surface area contributed by atoms with Gasteiger partial charge in [0.2, 0.25) is 5.76 Å². The zero-order valence-electron chi connectivity index (χ0n) is 15.6. The van der Waals surface area contributed by atoms with Crippen molar-refractivity contribution in [3.8, 4) is 0 Å². The molecule has 3 heterocycles. The fourth-order valence-electron chi connectivity index (χ4n) is 3.85. The number of amides is 1. The third kappa shape index (κ3) is 3.85. The summed E-state index contributed by atoms with van der Waals surface area (Å²) in [5.41, 5.74) is -4.63. The topological polar surface area (TPSA) is 82.1 Å². The highest BCUT2D eigenvalue weighted by atomic mass is 32.2. The molecule has 30 heavy (non-hydrogen) atoms. The molecule has 0 N–H and O–H groups in total. The van der Waals surface area contributed by atoms with Gasteiger partial charge in [-0.1, -0.05) is 18.2 Å². The Morgan fingerprint density at radius 3 is 2.70 bits per heavy atom. The number of rotatable bonds is 4. The molecule has 2 bridgehead atoms. The summed E-state index contributed by atoms with van der Waals surface area (Å²) < 4.78 is 75.5. The summed E-state index contributed by atoms with van der Waals surface area (Å²) in [5.74, 6) is -0.404. The van der Waals surface area contributed by atoms with Crippen LogP contribution in [0.15, 0.2) is 59.7 Å². The van der Waals surface area contributed by atoms with E-state index in [2.05, 4.69) is 4.18 Å². The first-order valence-electron chi connectivity index (χ1n) is 9.29. The lowest BCUT2D eigenvalue weighted by atomic mass is 10.0. The summed E-state index contributed by atoms with van der Waals surface area (Å²) in [7, 11) is -5.74. The summed E-state index contributed by atoms with van der Waals surface area (Å²) in [6.07, 6.45) is 12.0. The molecule has 0 saturated carbocycles. The van der Waals surface area contributed by atoms with E-state index in [9.17, 15) is 26.4 Å². The normalized spacial score (nSPS) is 26.0. The number of hydrogen-bond acceptors (Lipinski definition) is 6. The molecule has 7 nitrogen and oxygen atoms in total. The van der Waals surface area contributed by atoms with E-state index in [0.717, 1.165) is 18.4 Å². The lowest BCUT2D eigenvalue weighted by Crippen LogP contribution is -2.45. The first-order chi connectivity index (χ1) is 14.2. The fourth-order valence-corrected chi connectivity index (χ4v) is 4.35. The lowest BCUT2D eigenvalue weighted by molar-refractivity contribution is -0.133.